The van der Waals surface area contributed by atoms with E-state index in [2.05, 4.69) is 25.5 Å². The molecule has 9 nitrogen and oxygen atoms in total. The number of rotatable bonds is 4. The van der Waals surface area contributed by atoms with Crippen LogP contribution in [0.15, 0.2) is 33.7 Å². The molecule has 1 aromatic carbocycles. The van der Waals surface area contributed by atoms with Crippen molar-refractivity contribution in [2.45, 2.75) is 11.8 Å². The molecule has 0 radical (unpaired) electrons. The third kappa shape index (κ3) is 3.69. The monoisotopic (exact) mass is 380 g/mol. The minimum absolute atomic E-state index is 0.0438. The molecule has 25 heavy (non-hydrogen) atoms. The van der Waals surface area contributed by atoms with Crippen molar-refractivity contribution < 1.29 is 12.8 Å². The Morgan fingerprint density at radius 2 is 2.04 bits per heavy atom. The lowest BCUT2D eigenvalue weighted by atomic mass is 10.3. The number of nitrogen functional groups attached to an aromatic ring is 1. The number of nitrogens with two attached hydrogens (primary N) is 1. The summed E-state index contributed by atoms with van der Waals surface area (Å²) in [6.45, 7) is 1.66. The van der Waals surface area contributed by atoms with Gasteiger partial charge in [-0.15, -0.1) is 10.2 Å². The Labute approximate surface area is 148 Å². The molecule has 11 heteroatoms. The average Bonchev–Trinajstić information content (AvgIpc) is 2.92. The van der Waals surface area contributed by atoms with Gasteiger partial charge in [0.2, 0.25) is 11.8 Å². The number of halogens is 1. The van der Waals surface area contributed by atoms with E-state index in [1.807, 2.05) is 0 Å². The lowest BCUT2D eigenvalue weighted by Gasteiger charge is -2.08. The highest BCUT2D eigenvalue weighted by Gasteiger charge is 2.15. The van der Waals surface area contributed by atoms with Gasteiger partial charge in [-0.3, -0.25) is 0 Å². The van der Waals surface area contributed by atoms with E-state index in [9.17, 15) is 8.42 Å². The zero-order valence-electron chi connectivity index (χ0n) is 13.2. The van der Waals surface area contributed by atoms with E-state index in [-0.39, 0.29) is 27.6 Å². The first-order valence-electron chi connectivity index (χ1n) is 6.93. The molecular weight excluding hydrogens is 368 g/mol. The molecule has 0 aliphatic rings. The summed E-state index contributed by atoms with van der Waals surface area (Å²) >= 11 is 6.01. The predicted octanol–water partition coefficient (Wildman–Crippen LogP) is 2.22. The Kier molecular flexibility index (Phi) is 4.31. The molecule has 0 saturated carbocycles. The quantitative estimate of drug-likeness (QED) is 0.697. The van der Waals surface area contributed by atoms with Gasteiger partial charge in [-0.1, -0.05) is 11.6 Å². The summed E-state index contributed by atoms with van der Waals surface area (Å²) in [5.74, 6) is 0.986. The topological polar surface area (TPSA) is 137 Å². The third-order valence-corrected chi connectivity index (χ3v) is 4.74. The molecule has 0 aliphatic heterocycles. The SMILES string of the molecule is Cc1nnc(-c2cnc(Nc3ccc(S(C)(=O)=O)c(Cl)c3)nc2N)o1. The lowest BCUT2D eigenvalue weighted by Crippen LogP contribution is -2.03. The van der Waals surface area contributed by atoms with Gasteiger partial charge < -0.3 is 15.5 Å². The van der Waals surface area contributed by atoms with Crippen LogP contribution in [0, 0.1) is 6.92 Å². The number of sulfone groups is 1. The number of hydrogen-bond acceptors (Lipinski definition) is 9. The number of benzene rings is 1. The summed E-state index contributed by atoms with van der Waals surface area (Å²) < 4.78 is 28.4. The first-order chi connectivity index (χ1) is 11.7. The van der Waals surface area contributed by atoms with E-state index < -0.39 is 9.84 Å². The van der Waals surface area contributed by atoms with E-state index in [1.54, 1.807) is 13.0 Å². The zero-order chi connectivity index (χ0) is 18.2. The second kappa shape index (κ2) is 6.30. The Balaban J connectivity index is 1.87. The smallest absolute Gasteiger partial charge is 0.253 e. The van der Waals surface area contributed by atoms with Gasteiger partial charge in [-0.05, 0) is 18.2 Å². The Morgan fingerprint density at radius 1 is 1.28 bits per heavy atom. The molecule has 130 valence electrons. The highest BCUT2D eigenvalue weighted by molar-refractivity contribution is 7.90. The van der Waals surface area contributed by atoms with Crippen LogP contribution >= 0.6 is 11.6 Å². The minimum atomic E-state index is -3.40. The van der Waals surface area contributed by atoms with Crippen LogP contribution in [0.25, 0.3) is 11.5 Å². The van der Waals surface area contributed by atoms with Crippen LogP contribution in [0.4, 0.5) is 17.5 Å². The second-order valence-electron chi connectivity index (χ2n) is 5.16. The van der Waals surface area contributed by atoms with Crippen molar-refractivity contribution >= 4 is 38.9 Å². The van der Waals surface area contributed by atoms with Gasteiger partial charge in [0.05, 0.1) is 15.5 Å². The summed E-state index contributed by atoms with van der Waals surface area (Å²) in [7, 11) is -3.40. The van der Waals surface area contributed by atoms with Crippen molar-refractivity contribution in [3.05, 3.63) is 35.3 Å². The van der Waals surface area contributed by atoms with E-state index in [4.69, 9.17) is 21.8 Å². The summed E-state index contributed by atoms with van der Waals surface area (Å²) in [6.07, 6.45) is 2.53. The van der Waals surface area contributed by atoms with Gasteiger partial charge in [-0.2, -0.15) is 4.98 Å². The number of anilines is 3. The van der Waals surface area contributed by atoms with Crippen molar-refractivity contribution in [2.75, 3.05) is 17.3 Å². The lowest BCUT2D eigenvalue weighted by molar-refractivity contribution is 0.532. The largest absolute Gasteiger partial charge is 0.421 e. The molecule has 0 aliphatic carbocycles. The summed E-state index contributed by atoms with van der Waals surface area (Å²) in [5, 5.41) is 10.6. The first-order valence-corrected chi connectivity index (χ1v) is 9.20. The maximum absolute atomic E-state index is 11.6. The number of aryl methyl sites for hydroxylation is 1. The Morgan fingerprint density at radius 3 is 2.60 bits per heavy atom. The molecule has 3 rings (SSSR count). The maximum atomic E-state index is 11.6. The van der Waals surface area contributed by atoms with Crippen LogP contribution in [-0.2, 0) is 9.84 Å². The van der Waals surface area contributed by atoms with Crippen LogP contribution in [0.2, 0.25) is 5.02 Å². The van der Waals surface area contributed by atoms with Crippen molar-refractivity contribution in [1.29, 1.82) is 0 Å². The second-order valence-corrected chi connectivity index (χ2v) is 7.55. The number of aromatic nitrogens is 4. The molecule has 2 aromatic heterocycles. The molecule has 0 unspecified atom stereocenters. The van der Waals surface area contributed by atoms with Gasteiger partial charge in [0.25, 0.3) is 5.89 Å². The van der Waals surface area contributed by atoms with Crippen molar-refractivity contribution in [3.8, 4) is 11.5 Å². The highest BCUT2D eigenvalue weighted by Crippen LogP contribution is 2.27. The molecule has 3 N–H and O–H groups in total. The third-order valence-electron chi connectivity index (χ3n) is 3.16. The molecule has 3 aromatic rings. The standard InChI is InChI=1S/C14H13ClN6O3S/c1-7-20-21-13(24-7)9-6-17-14(19-12(9)16)18-8-3-4-11(10(15)5-8)25(2,22)23/h3-6H,1-2H3,(H3,16,17,18,19). The fourth-order valence-corrected chi connectivity index (χ4v) is 3.36. The van der Waals surface area contributed by atoms with E-state index in [0.29, 0.717) is 17.1 Å². The summed E-state index contributed by atoms with van der Waals surface area (Å²) in [5.41, 5.74) is 6.83. The molecule has 0 atom stereocenters. The molecule has 0 amide bonds. The molecular formula is C14H13ClN6O3S. The summed E-state index contributed by atoms with van der Waals surface area (Å²) in [4.78, 5) is 8.30. The normalized spacial score (nSPS) is 11.5. The Hall–Kier alpha value is -2.72. The molecule has 0 fully saturated rings. The molecule has 2 heterocycles. The van der Waals surface area contributed by atoms with Crippen molar-refractivity contribution in [3.63, 3.8) is 0 Å². The molecule has 0 saturated heterocycles. The van der Waals surface area contributed by atoms with Gasteiger partial charge in [0.15, 0.2) is 9.84 Å². The maximum Gasteiger partial charge on any atom is 0.253 e. The minimum Gasteiger partial charge on any atom is -0.421 e. The molecule has 0 bridgehead atoms. The van der Waals surface area contributed by atoms with Crippen LogP contribution in [-0.4, -0.2) is 34.8 Å². The van der Waals surface area contributed by atoms with Gasteiger partial charge in [0, 0.05) is 25.1 Å². The summed E-state index contributed by atoms with van der Waals surface area (Å²) in [6, 6.07) is 4.42. The fraction of sp³-hybridized carbons (Fsp3) is 0.143. The fourth-order valence-electron chi connectivity index (χ4n) is 2.03. The number of nitrogens with one attached hydrogen (secondary N) is 1. The van der Waals surface area contributed by atoms with Crippen LogP contribution in [0.1, 0.15) is 5.89 Å². The van der Waals surface area contributed by atoms with E-state index in [1.165, 1.54) is 18.3 Å². The van der Waals surface area contributed by atoms with Gasteiger partial charge in [0.1, 0.15) is 5.82 Å². The van der Waals surface area contributed by atoms with Gasteiger partial charge in [-0.25, -0.2) is 13.4 Å². The van der Waals surface area contributed by atoms with E-state index >= 15 is 0 Å². The van der Waals surface area contributed by atoms with E-state index in [0.717, 1.165) is 6.26 Å². The predicted molar refractivity (Wildman–Crippen MR) is 92.3 cm³/mol. The average molecular weight is 381 g/mol. The van der Waals surface area contributed by atoms with Crippen LogP contribution in [0.3, 0.4) is 0 Å². The van der Waals surface area contributed by atoms with Crippen molar-refractivity contribution in [2.24, 2.45) is 0 Å². The highest BCUT2D eigenvalue weighted by atomic mass is 35.5. The molecule has 0 spiro atoms. The zero-order valence-corrected chi connectivity index (χ0v) is 14.8. The van der Waals surface area contributed by atoms with Crippen LogP contribution in [0.5, 0.6) is 0 Å². The van der Waals surface area contributed by atoms with Gasteiger partial charge >= 0.3 is 0 Å². The number of hydrogen-bond donors (Lipinski definition) is 2. The Bertz CT molecular complexity index is 1050. The first kappa shape index (κ1) is 17.1. The van der Waals surface area contributed by atoms with Crippen molar-refractivity contribution in [1.82, 2.24) is 20.2 Å². The van der Waals surface area contributed by atoms with Crippen LogP contribution < -0.4 is 11.1 Å². The number of nitrogens with zero attached hydrogens (tertiary/aromatic N) is 4.